The average molecular weight is 361 g/mol. The van der Waals surface area contributed by atoms with Gasteiger partial charge >= 0.3 is 0 Å². The number of thiophene rings is 1. The van der Waals surface area contributed by atoms with Gasteiger partial charge in [0.1, 0.15) is 4.83 Å². The molecule has 0 aliphatic rings. The zero-order chi connectivity index (χ0) is 17.3. The van der Waals surface area contributed by atoms with Crippen molar-refractivity contribution in [2.45, 2.75) is 19.0 Å². The number of aromatic nitrogens is 2. The van der Waals surface area contributed by atoms with Crippen molar-refractivity contribution in [2.24, 2.45) is 7.05 Å². The Morgan fingerprint density at radius 3 is 2.79 bits per heavy atom. The molecule has 2 heterocycles. The molecule has 4 nitrogen and oxygen atoms in total. The molecule has 0 fully saturated rings. The molecule has 0 N–H and O–H groups in total. The molecule has 0 saturated carbocycles. The van der Waals surface area contributed by atoms with Crippen molar-refractivity contribution in [2.75, 3.05) is 19.5 Å². The van der Waals surface area contributed by atoms with Crippen molar-refractivity contribution in [1.29, 1.82) is 0 Å². The fourth-order valence-corrected chi connectivity index (χ4v) is 4.38. The molecule has 3 aromatic rings. The second kappa shape index (κ2) is 7.09. The number of hydrogen-bond acceptors (Lipinski definition) is 5. The fourth-order valence-electron chi connectivity index (χ4n) is 2.52. The number of rotatable bonds is 5. The zero-order valence-electron chi connectivity index (χ0n) is 14.3. The van der Waals surface area contributed by atoms with Crippen LogP contribution in [0, 0.1) is 13.8 Å². The average Bonchev–Trinajstić information content (AvgIpc) is 2.99. The third-order valence-electron chi connectivity index (χ3n) is 4.11. The molecular formula is C18H20N2O2S2. The van der Waals surface area contributed by atoms with Gasteiger partial charge in [0.25, 0.3) is 5.56 Å². The minimum atomic E-state index is 0.00870. The molecular weight excluding hydrogens is 340 g/mol. The van der Waals surface area contributed by atoms with Crippen LogP contribution >= 0.6 is 23.1 Å². The van der Waals surface area contributed by atoms with Crippen LogP contribution in [0.3, 0.4) is 0 Å². The van der Waals surface area contributed by atoms with Crippen LogP contribution in [0.15, 0.2) is 33.5 Å². The van der Waals surface area contributed by atoms with Crippen LogP contribution in [0.25, 0.3) is 21.3 Å². The summed E-state index contributed by atoms with van der Waals surface area (Å²) in [6.07, 6.45) is 0. The molecule has 2 aromatic heterocycles. The second-order valence-corrected chi connectivity index (χ2v) is 7.65. The van der Waals surface area contributed by atoms with Crippen LogP contribution < -0.4 is 5.56 Å². The predicted octanol–water partition coefficient (Wildman–Crippen LogP) is 4.02. The van der Waals surface area contributed by atoms with Crippen molar-refractivity contribution in [3.63, 3.8) is 0 Å². The van der Waals surface area contributed by atoms with Crippen molar-refractivity contribution in [3.8, 4) is 11.1 Å². The Labute approximate surface area is 149 Å². The van der Waals surface area contributed by atoms with Gasteiger partial charge in [0, 0.05) is 30.9 Å². The van der Waals surface area contributed by atoms with E-state index >= 15 is 0 Å². The number of hydrogen-bond donors (Lipinski definition) is 0. The summed E-state index contributed by atoms with van der Waals surface area (Å²) in [5.41, 5.74) is 4.53. The summed E-state index contributed by atoms with van der Waals surface area (Å²) < 4.78 is 6.71. The van der Waals surface area contributed by atoms with E-state index in [-0.39, 0.29) is 5.56 Å². The Hall–Kier alpha value is -1.63. The molecule has 0 saturated heterocycles. The normalized spacial score (nSPS) is 11.3. The van der Waals surface area contributed by atoms with E-state index in [2.05, 4.69) is 37.0 Å². The predicted molar refractivity (Wildman–Crippen MR) is 102 cm³/mol. The van der Waals surface area contributed by atoms with E-state index in [0.717, 1.165) is 26.9 Å². The van der Waals surface area contributed by atoms with Crippen LogP contribution in [0.1, 0.15) is 11.1 Å². The minimum Gasteiger partial charge on any atom is -0.384 e. The number of thioether (sulfide) groups is 1. The molecule has 0 aliphatic heterocycles. The second-order valence-electron chi connectivity index (χ2n) is 5.73. The Kier molecular flexibility index (Phi) is 5.08. The lowest BCUT2D eigenvalue weighted by Crippen LogP contribution is -2.20. The van der Waals surface area contributed by atoms with Crippen molar-refractivity contribution in [1.82, 2.24) is 9.55 Å². The van der Waals surface area contributed by atoms with Gasteiger partial charge in [-0.2, -0.15) is 0 Å². The van der Waals surface area contributed by atoms with E-state index in [4.69, 9.17) is 4.74 Å². The number of nitrogens with zero attached hydrogens (tertiary/aromatic N) is 2. The lowest BCUT2D eigenvalue weighted by molar-refractivity contribution is 0.218. The maximum absolute atomic E-state index is 12.9. The Morgan fingerprint density at radius 2 is 2.08 bits per heavy atom. The molecule has 0 bridgehead atoms. The molecule has 6 heteroatoms. The van der Waals surface area contributed by atoms with Gasteiger partial charge in [-0.3, -0.25) is 9.36 Å². The molecule has 0 unspecified atom stereocenters. The summed E-state index contributed by atoms with van der Waals surface area (Å²) in [7, 11) is 3.46. The first-order valence-electron chi connectivity index (χ1n) is 7.70. The highest BCUT2D eigenvalue weighted by molar-refractivity contribution is 7.99. The fraction of sp³-hybridized carbons (Fsp3) is 0.333. The van der Waals surface area contributed by atoms with Gasteiger partial charge in [-0.05, 0) is 30.5 Å². The summed E-state index contributed by atoms with van der Waals surface area (Å²) in [6.45, 7) is 4.82. The number of methoxy groups -OCH3 is 1. The van der Waals surface area contributed by atoms with E-state index in [9.17, 15) is 4.79 Å². The van der Waals surface area contributed by atoms with E-state index in [1.807, 2.05) is 5.38 Å². The Morgan fingerprint density at radius 1 is 1.29 bits per heavy atom. The van der Waals surface area contributed by atoms with Crippen molar-refractivity contribution >= 4 is 33.3 Å². The maximum atomic E-state index is 12.9. The standard InChI is InChI=1S/C18H20N2O2S2/c1-11-5-6-13(9-12(11)2)14-10-24-16-15(14)17(21)20(3)18(19-16)23-8-7-22-4/h5-6,9-10H,7-8H2,1-4H3. The quantitative estimate of drug-likeness (QED) is 0.392. The van der Waals surface area contributed by atoms with Crippen LogP contribution in [-0.2, 0) is 11.8 Å². The van der Waals surface area contributed by atoms with Crippen LogP contribution in [0.5, 0.6) is 0 Å². The Bertz CT molecular complexity index is 944. The molecule has 0 spiro atoms. The lowest BCUT2D eigenvalue weighted by Gasteiger charge is -2.08. The highest BCUT2D eigenvalue weighted by Crippen LogP contribution is 2.32. The summed E-state index contributed by atoms with van der Waals surface area (Å²) in [5.74, 6) is 0.775. The minimum absolute atomic E-state index is 0.00870. The molecule has 0 radical (unpaired) electrons. The van der Waals surface area contributed by atoms with Gasteiger partial charge in [-0.15, -0.1) is 11.3 Å². The first-order valence-corrected chi connectivity index (χ1v) is 9.57. The zero-order valence-corrected chi connectivity index (χ0v) is 15.9. The monoisotopic (exact) mass is 360 g/mol. The molecule has 3 rings (SSSR count). The van der Waals surface area contributed by atoms with E-state index < -0.39 is 0 Å². The summed E-state index contributed by atoms with van der Waals surface area (Å²) in [6, 6.07) is 6.31. The van der Waals surface area contributed by atoms with Gasteiger partial charge in [0.15, 0.2) is 5.16 Å². The number of benzene rings is 1. The van der Waals surface area contributed by atoms with Gasteiger partial charge in [0.2, 0.25) is 0 Å². The molecule has 0 atom stereocenters. The maximum Gasteiger partial charge on any atom is 0.263 e. The highest BCUT2D eigenvalue weighted by atomic mass is 32.2. The summed E-state index contributed by atoms with van der Waals surface area (Å²) >= 11 is 3.07. The molecule has 0 amide bonds. The first-order chi connectivity index (χ1) is 11.5. The number of aryl methyl sites for hydroxylation is 2. The van der Waals surface area contributed by atoms with Crippen molar-refractivity contribution < 1.29 is 4.74 Å². The van der Waals surface area contributed by atoms with Crippen LogP contribution in [-0.4, -0.2) is 29.0 Å². The summed E-state index contributed by atoms with van der Waals surface area (Å²) in [5, 5.41) is 3.48. The molecule has 0 aliphatic carbocycles. The van der Waals surface area contributed by atoms with Gasteiger partial charge < -0.3 is 4.74 Å². The summed E-state index contributed by atoms with van der Waals surface area (Å²) in [4.78, 5) is 18.4. The number of fused-ring (bicyclic) bond motifs is 1. The number of ether oxygens (including phenoxy) is 1. The first kappa shape index (κ1) is 17.2. The van der Waals surface area contributed by atoms with Crippen LogP contribution in [0.2, 0.25) is 0 Å². The Balaban J connectivity index is 2.10. The van der Waals surface area contributed by atoms with E-state index in [1.165, 1.54) is 22.5 Å². The molecule has 24 heavy (non-hydrogen) atoms. The van der Waals surface area contributed by atoms with Crippen LogP contribution in [0.4, 0.5) is 0 Å². The SMILES string of the molecule is COCCSc1nc2scc(-c3ccc(C)c(C)c3)c2c(=O)n1C. The van der Waals surface area contributed by atoms with Crippen molar-refractivity contribution in [3.05, 3.63) is 45.1 Å². The third-order valence-corrected chi connectivity index (χ3v) is 5.98. The van der Waals surface area contributed by atoms with Gasteiger partial charge in [-0.1, -0.05) is 30.0 Å². The smallest absolute Gasteiger partial charge is 0.263 e. The molecule has 1 aromatic carbocycles. The topological polar surface area (TPSA) is 44.1 Å². The molecule has 126 valence electrons. The highest BCUT2D eigenvalue weighted by Gasteiger charge is 2.16. The van der Waals surface area contributed by atoms with E-state index in [1.54, 1.807) is 30.5 Å². The van der Waals surface area contributed by atoms with E-state index in [0.29, 0.717) is 12.0 Å². The third kappa shape index (κ3) is 3.14. The van der Waals surface area contributed by atoms with Gasteiger partial charge in [-0.25, -0.2) is 4.98 Å². The van der Waals surface area contributed by atoms with Gasteiger partial charge in [0.05, 0.1) is 12.0 Å². The lowest BCUT2D eigenvalue weighted by atomic mass is 10.0. The largest absolute Gasteiger partial charge is 0.384 e.